The normalized spacial score (nSPS) is 12.5. The Bertz CT molecular complexity index is 730. The van der Waals surface area contributed by atoms with E-state index in [2.05, 4.69) is 72.0 Å². The number of hydrogen-bond donors (Lipinski definition) is 1. The van der Waals surface area contributed by atoms with E-state index in [9.17, 15) is 4.79 Å². The van der Waals surface area contributed by atoms with E-state index in [0.717, 1.165) is 30.4 Å². The fourth-order valence-corrected chi connectivity index (χ4v) is 3.80. The van der Waals surface area contributed by atoms with Gasteiger partial charge in [-0.15, -0.1) is 10.2 Å². The SMILES string of the molecule is CC[C@@H](c1nnc(SCC(=O)NCCC(C)C)n1Cc1ccccc1)N(C)C. The van der Waals surface area contributed by atoms with E-state index < -0.39 is 0 Å². The fraction of sp³-hybridized carbons (Fsp3) is 0.571. The molecule has 1 N–H and O–H groups in total. The average Bonchev–Trinajstić information content (AvgIpc) is 3.03. The first-order chi connectivity index (χ1) is 13.4. The van der Waals surface area contributed by atoms with Gasteiger partial charge >= 0.3 is 0 Å². The second-order valence-electron chi connectivity index (χ2n) is 7.62. The van der Waals surface area contributed by atoms with Crippen LogP contribution in [0.25, 0.3) is 0 Å². The molecule has 0 fully saturated rings. The second kappa shape index (κ2) is 11.2. The molecule has 0 aliphatic heterocycles. The average molecular weight is 404 g/mol. The molecule has 0 saturated heterocycles. The largest absolute Gasteiger partial charge is 0.355 e. The Morgan fingerprint density at radius 3 is 2.54 bits per heavy atom. The van der Waals surface area contributed by atoms with Crippen LogP contribution in [0.5, 0.6) is 0 Å². The van der Waals surface area contributed by atoms with Gasteiger partial charge in [-0.1, -0.05) is 62.9 Å². The molecular weight excluding hydrogens is 370 g/mol. The molecule has 1 atom stereocenters. The van der Waals surface area contributed by atoms with Crippen LogP contribution < -0.4 is 5.32 Å². The van der Waals surface area contributed by atoms with Crippen LogP contribution in [0.3, 0.4) is 0 Å². The van der Waals surface area contributed by atoms with Crippen molar-refractivity contribution in [3.05, 3.63) is 41.7 Å². The third-order valence-corrected chi connectivity index (χ3v) is 5.58. The number of nitrogens with zero attached hydrogens (tertiary/aromatic N) is 4. The first-order valence-electron chi connectivity index (χ1n) is 9.95. The third-order valence-electron chi connectivity index (χ3n) is 4.61. The van der Waals surface area contributed by atoms with Crippen LogP contribution >= 0.6 is 11.8 Å². The number of aromatic nitrogens is 3. The van der Waals surface area contributed by atoms with Crippen LogP contribution in [0.4, 0.5) is 0 Å². The van der Waals surface area contributed by atoms with Crippen LogP contribution in [0.1, 0.15) is 51.0 Å². The van der Waals surface area contributed by atoms with Crippen molar-refractivity contribution in [2.45, 2.75) is 51.4 Å². The monoisotopic (exact) mass is 403 g/mol. The molecule has 0 aliphatic carbocycles. The van der Waals surface area contributed by atoms with Gasteiger partial charge in [0.25, 0.3) is 0 Å². The molecule has 28 heavy (non-hydrogen) atoms. The highest BCUT2D eigenvalue weighted by molar-refractivity contribution is 7.99. The van der Waals surface area contributed by atoms with Crippen molar-refractivity contribution in [1.29, 1.82) is 0 Å². The Hall–Kier alpha value is -1.86. The highest BCUT2D eigenvalue weighted by Crippen LogP contribution is 2.26. The van der Waals surface area contributed by atoms with Crippen LogP contribution in [-0.4, -0.2) is 52.0 Å². The van der Waals surface area contributed by atoms with Crippen molar-refractivity contribution in [2.75, 3.05) is 26.4 Å². The number of hydrogen-bond acceptors (Lipinski definition) is 5. The van der Waals surface area contributed by atoms with Gasteiger partial charge in [0.2, 0.25) is 5.91 Å². The van der Waals surface area contributed by atoms with Gasteiger partial charge in [0.05, 0.1) is 18.3 Å². The maximum absolute atomic E-state index is 12.2. The number of carbonyl (C=O) groups excluding carboxylic acids is 1. The third kappa shape index (κ3) is 6.63. The minimum Gasteiger partial charge on any atom is -0.355 e. The van der Waals surface area contributed by atoms with E-state index >= 15 is 0 Å². The number of thioether (sulfide) groups is 1. The molecule has 7 heteroatoms. The highest BCUT2D eigenvalue weighted by Gasteiger charge is 2.22. The Kier molecular flexibility index (Phi) is 8.99. The van der Waals surface area contributed by atoms with Gasteiger partial charge in [0, 0.05) is 6.54 Å². The molecule has 1 aromatic heterocycles. The second-order valence-corrected chi connectivity index (χ2v) is 8.56. The Balaban J connectivity index is 2.14. The van der Waals surface area contributed by atoms with E-state index in [4.69, 9.17) is 0 Å². The zero-order valence-corrected chi connectivity index (χ0v) is 18.5. The van der Waals surface area contributed by atoms with Crippen LogP contribution in [0.15, 0.2) is 35.5 Å². The predicted molar refractivity (Wildman–Crippen MR) is 115 cm³/mol. The van der Waals surface area contributed by atoms with Gasteiger partial charge in [0.1, 0.15) is 0 Å². The van der Waals surface area contributed by atoms with E-state index in [1.54, 1.807) is 0 Å². The molecule has 2 rings (SSSR count). The zero-order chi connectivity index (χ0) is 20.5. The molecule has 154 valence electrons. The summed E-state index contributed by atoms with van der Waals surface area (Å²) in [5, 5.41) is 12.7. The van der Waals surface area contributed by atoms with Gasteiger partial charge < -0.3 is 9.88 Å². The van der Waals surface area contributed by atoms with E-state index in [-0.39, 0.29) is 11.9 Å². The van der Waals surface area contributed by atoms with E-state index in [0.29, 0.717) is 18.2 Å². The number of carbonyl (C=O) groups is 1. The standard InChI is InChI=1S/C21H33N5OS/c1-6-18(25(4)5)20-23-24-21(26(20)14-17-10-8-7-9-11-17)28-15-19(27)22-13-12-16(2)3/h7-11,16,18H,6,12-15H2,1-5H3,(H,22,27)/t18-/m0/s1. The van der Waals surface area contributed by atoms with Crippen molar-refractivity contribution in [3.63, 3.8) is 0 Å². The lowest BCUT2D eigenvalue weighted by Crippen LogP contribution is -2.27. The van der Waals surface area contributed by atoms with Gasteiger partial charge in [0.15, 0.2) is 11.0 Å². The summed E-state index contributed by atoms with van der Waals surface area (Å²) in [6.45, 7) is 7.89. The molecule has 1 heterocycles. The Morgan fingerprint density at radius 1 is 1.21 bits per heavy atom. The molecule has 0 unspecified atom stereocenters. The minimum absolute atomic E-state index is 0.0427. The van der Waals surface area contributed by atoms with Crippen LogP contribution in [0.2, 0.25) is 0 Å². The molecule has 1 aromatic carbocycles. The minimum atomic E-state index is 0.0427. The van der Waals surface area contributed by atoms with Gasteiger partial charge in [-0.25, -0.2) is 0 Å². The molecular formula is C21H33N5OS. The van der Waals surface area contributed by atoms with Crippen molar-refractivity contribution >= 4 is 17.7 Å². The predicted octanol–water partition coefficient (Wildman–Crippen LogP) is 3.59. The van der Waals surface area contributed by atoms with E-state index in [1.165, 1.54) is 17.3 Å². The summed E-state index contributed by atoms with van der Waals surface area (Å²) in [6.07, 6.45) is 1.94. The van der Waals surface area contributed by atoms with Crippen molar-refractivity contribution in [2.24, 2.45) is 5.92 Å². The number of nitrogens with one attached hydrogen (secondary N) is 1. The molecule has 0 aliphatic rings. The number of amides is 1. The van der Waals surface area contributed by atoms with E-state index in [1.807, 2.05) is 18.2 Å². The first-order valence-corrected chi connectivity index (χ1v) is 10.9. The maximum Gasteiger partial charge on any atom is 0.230 e. The molecule has 0 saturated carbocycles. The van der Waals surface area contributed by atoms with Crippen molar-refractivity contribution in [3.8, 4) is 0 Å². The fourth-order valence-electron chi connectivity index (χ4n) is 3.03. The smallest absolute Gasteiger partial charge is 0.230 e. The summed E-state index contributed by atoms with van der Waals surface area (Å²) >= 11 is 1.45. The highest BCUT2D eigenvalue weighted by atomic mass is 32.2. The van der Waals surface area contributed by atoms with Gasteiger partial charge in [-0.05, 0) is 38.4 Å². The molecule has 0 spiro atoms. The summed E-state index contributed by atoms with van der Waals surface area (Å²) < 4.78 is 2.15. The summed E-state index contributed by atoms with van der Waals surface area (Å²) in [4.78, 5) is 14.3. The molecule has 6 nitrogen and oxygen atoms in total. The summed E-state index contributed by atoms with van der Waals surface area (Å²) in [5.74, 6) is 1.92. The zero-order valence-electron chi connectivity index (χ0n) is 17.7. The van der Waals surface area contributed by atoms with Gasteiger partial charge in [-0.3, -0.25) is 9.69 Å². The summed E-state index contributed by atoms with van der Waals surface area (Å²) in [5.41, 5.74) is 1.19. The molecule has 0 radical (unpaired) electrons. The number of benzene rings is 1. The van der Waals surface area contributed by atoms with Crippen molar-refractivity contribution in [1.82, 2.24) is 25.0 Å². The Labute approximate surface area is 173 Å². The van der Waals surface area contributed by atoms with Crippen LogP contribution in [0, 0.1) is 5.92 Å². The quantitative estimate of drug-likeness (QED) is 0.581. The maximum atomic E-state index is 12.2. The van der Waals surface area contributed by atoms with Crippen LogP contribution in [-0.2, 0) is 11.3 Å². The number of rotatable bonds is 11. The lowest BCUT2D eigenvalue weighted by atomic mass is 10.1. The molecule has 2 aromatic rings. The lowest BCUT2D eigenvalue weighted by molar-refractivity contribution is -0.118. The van der Waals surface area contributed by atoms with Gasteiger partial charge in [-0.2, -0.15) is 0 Å². The summed E-state index contributed by atoms with van der Waals surface area (Å²) in [7, 11) is 4.12. The topological polar surface area (TPSA) is 63.1 Å². The lowest BCUT2D eigenvalue weighted by Gasteiger charge is -2.23. The van der Waals surface area contributed by atoms with Crippen molar-refractivity contribution < 1.29 is 4.79 Å². The Morgan fingerprint density at radius 2 is 1.93 bits per heavy atom. The first kappa shape index (κ1) is 22.4. The summed E-state index contributed by atoms with van der Waals surface area (Å²) in [6, 6.07) is 10.5. The molecule has 0 bridgehead atoms. The molecule has 1 amide bonds.